The second-order valence-electron chi connectivity index (χ2n) is 5.00. The lowest BCUT2D eigenvalue weighted by molar-refractivity contribution is 0.0934. The molecule has 1 heterocycles. The number of likely N-dealkylation sites (tertiary alicyclic amines) is 1. The smallest absolute Gasteiger partial charge is 0.252 e. The topological polar surface area (TPSA) is 32.3 Å². The number of nitrogens with one attached hydrogen (secondary N) is 1. The molecule has 4 heteroatoms. The maximum Gasteiger partial charge on any atom is 0.252 e. The predicted molar refractivity (Wildman–Crippen MR) is 76.2 cm³/mol. The summed E-state index contributed by atoms with van der Waals surface area (Å²) in [6.45, 7) is 3.00. The van der Waals surface area contributed by atoms with Crippen LogP contribution in [0.4, 0.5) is 0 Å². The highest BCUT2D eigenvalue weighted by Gasteiger charge is 2.18. The van der Waals surface area contributed by atoms with E-state index in [1.54, 1.807) is 0 Å². The highest BCUT2D eigenvalue weighted by atomic mass is 32.1. The van der Waals surface area contributed by atoms with E-state index in [4.69, 9.17) is 0 Å². The van der Waals surface area contributed by atoms with Gasteiger partial charge in [-0.05, 0) is 44.5 Å². The van der Waals surface area contributed by atoms with E-state index in [9.17, 15) is 4.79 Å². The average Bonchev–Trinajstić information content (AvgIpc) is 2.37. The van der Waals surface area contributed by atoms with Crippen molar-refractivity contribution in [3.8, 4) is 0 Å². The van der Waals surface area contributed by atoms with Gasteiger partial charge in [-0.3, -0.25) is 4.79 Å². The number of hydrogen-bond donors (Lipinski definition) is 2. The van der Waals surface area contributed by atoms with Crippen molar-refractivity contribution in [3.63, 3.8) is 0 Å². The zero-order chi connectivity index (χ0) is 13.0. The summed E-state index contributed by atoms with van der Waals surface area (Å²) < 4.78 is 0. The summed E-state index contributed by atoms with van der Waals surface area (Å²) in [6.07, 6.45) is 2.42. The standard InChI is InChI=1S/C14H20N2OS/c1-16-8-4-5-11(10-16)9-15-14(17)12-6-2-3-7-13(12)18/h2-3,6-7,11,18H,4-5,8-10H2,1H3,(H,15,17). The molecular formula is C14H20N2OS. The summed E-state index contributed by atoms with van der Waals surface area (Å²) in [5, 5.41) is 3.02. The molecule has 0 spiro atoms. The normalized spacial score (nSPS) is 20.7. The van der Waals surface area contributed by atoms with E-state index >= 15 is 0 Å². The van der Waals surface area contributed by atoms with E-state index < -0.39 is 0 Å². The third kappa shape index (κ3) is 3.50. The Morgan fingerprint density at radius 3 is 3.00 bits per heavy atom. The van der Waals surface area contributed by atoms with Gasteiger partial charge in [0.25, 0.3) is 5.91 Å². The third-order valence-corrected chi connectivity index (χ3v) is 3.81. The molecule has 0 aromatic heterocycles. The molecule has 0 radical (unpaired) electrons. The number of amides is 1. The number of nitrogens with zero attached hydrogens (tertiary/aromatic N) is 1. The van der Waals surface area contributed by atoms with Gasteiger partial charge in [0.05, 0.1) is 5.56 Å². The van der Waals surface area contributed by atoms with Crippen LogP contribution in [0.5, 0.6) is 0 Å². The zero-order valence-electron chi connectivity index (χ0n) is 10.7. The van der Waals surface area contributed by atoms with Crippen molar-refractivity contribution >= 4 is 18.5 Å². The van der Waals surface area contributed by atoms with Crippen molar-refractivity contribution in [1.29, 1.82) is 0 Å². The number of carbonyl (C=O) groups excluding carboxylic acids is 1. The minimum Gasteiger partial charge on any atom is -0.352 e. The Labute approximate surface area is 114 Å². The van der Waals surface area contributed by atoms with Crippen LogP contribution in [-0.4, -0.2) is 37.5 Å². The van der Waals surface area contributed by atoms with Crippen LogP contribution < -0.4 is 5.32 Å². The van der Waals surface area contributed by atoms with Gasteiger partial charge in [-0.1, -0.05) is 12.1 Å². The van der Waals surface area contributed by atoms with Gasteiger partial charge in [0, 0.05) is 18.0 Å². The summed E-state index contributed by atoms with van der Waals surface area (Å²) in [7, 11) is 2.14. The molecule has 3 nitrogen and oxygen atoms in total. The number of carbonyl (C=O) groups is 1. The summed E-state index contributed by atoms with van der Waals surface area (Å²) in [4.78, 5) is 15.1. The molecule has 0 saturated carbocycles. The molecule has 1 fully saturated rings. The number of benzene rings is 1. The minimum absolute atomic E-state index is 0.0196. The maximum absolute atomic E-state index is 12.0. The minimum atomic E-state index is -0.0196. The van der Waals surface area contributed by atoms with Gasteiger partial charge < -0.3 is 10.2 Å². The number of thiol groups is 1. The fourth-order valence-corrected chi connectivity index (χ4v) is 2.70. The molecule has 1 atom stereocenters. The Hall–Kier alpha value is -1.00. The van der Waals surface area contributed by atoms with Gasteiger partial charge in [0.15, 0.2) is 0 Å². The Morgan fingerprint density at radius 1 is 1.50 bits per heavy atom. The van der Waals surface area contributed by atoms with Crippen LogP contribution in [0.1, 0.15) is 23.2 Å². The van der Waals surface area contributed by atoms with E-state index in [0.717, 1.165) is 18.0 Å². The highest BCUT2D eigenvalue weighted by molar-refractivity contribution is 7.80. The summed E-state index contributed by atoms with van der Waals surface area (Å²) >= 11 is 4.30. The van der Waals surface area contributed by atoms with Gasteiger partial charge in [0.1, 0.15) is 0 Å². The van der Waals surface area contributed by atoms with Crippen LogP contribution in [0, 0.1) is 5.92 Å². The number of hydrogen-bond acceptors (Lipinski definition) is 3. The second-order valence-corrected chi connectivity index (χ2v) is 5.48. The lowest BCUT2D eigenvalue weighted by atomic mass is 9.98. The van der Waals surface area contributed by atoms with Crippen molar-refractivity contribution in [2.45, 2.75) is 17.7 Å². The largest absolute Gasteiger partial charge is 0.352 e. The van der Waals surface area contributed by atoms with E-state index in [1.807, 2.05) is 24.3 Å². The molecule has 0 aliphatic carbocycles. The Bertz CT molecular complexity index is 422. The fraction of sp³-hybridized carbons (Fsp3) is 0.500. The first-order valence-corrected chi connectivity index (χ1v) is 6.86. The molecule has 0 bridgehead atoms. The number of piperidine rings is 1. The maximum atomic E-state index is 12.0. The molecule has 1 unspecified atom stereocenters. The highest BCUT2D eigenvalue weighted by Crippen LogP contribution is 2.15. The van der Waals surface area contributed by atoms with Crippen LogP contribution in [0.25, 0.3) is 0 Å². The van der Waals surface area contributed by atoms with Crippen molar-refractivity contribution in [3.05, 3.63) is 29.8 Å². The molecule has 1 saturated heterocycles. The number of rotatable bonds is 3. The third-order valence-electron chi connectivity index (χ3n) is 3.42. The summed E-state index contributed by atoms with van der Waals surface area (Å²) in [5.41, 5.74) is 0.657. The van der Waals surface area contributed by atoms with E-state index in [-0.39, 0.29) is 5.91 Å². The van der Waals surface area contributed by atoms with E-state index in [2.05, 4.69) is 29.9 Å². The molecule has 1 aliphatic rings. The van der Waals surface area contributed by atoms with Gasteiger partial charge in [-0.25, -0.2) is 0 Å². The van der Waals surface area contributed by atoms with Gasteiger partial charge in [0.2, 0.25) is 0 Å². The quantitative estimate of drug-likeness (QED) is 0.819. The van der Waals surface area contributed by atoms with Gasteiger partial charge >= 0.3 is 0 Å². The van der Waals surface area contributed by atoms with Crippen LogP contribution in [0.2, 0.25) is 0 Å². The monoisotopic (exact) mass is 264 g/mol. The first-order chi connectivity index (χ1) is 8.66. The van der Waals surface area contributed by atoms with Crippen molar-refractivity contribution in [2.75, 3.05) is 26.7 Å². The predicted octanol–water partition coefficient (Wildman–Crippen LogP) is 2.05. The molecular weight excluding hydrogens is 244 g/mol. The molecule has 1 amide bonds. The first-order valence-electron chi connectivity index (χ1n) is 6.41. The van der Waals surface area contributed by atoms with Crippen LogP contribution in [0.3, 0.4) is 0 Å². The second kappa shape index (κ2) is 6.25. The van der Waals surface area contributed by atoms with Gasteiger partial charge in [-0.2, -0.15) is 0 Å². The molecule has 1 aromatic rings. The summed E-state index contributed by atoms with van der Waals surface area (Å²) in [6, 6.07) is 7.40. The first kappa shape index (κ1) is 13.4. The van der Waals surface area contributed by atoms with E-state index in [0.29, 0.717) is 11.5 Å². The Kier molecular flexibility index (Phi) is 4.66. The molecule has 1 aromatic carbocycles. The van der Waals surface area contributed by atoms with E-state index in [1.165, 1.54) is 19.4 Å². The lowest BCUT2D eigenvalue weighted by Gasteiger charge is -2.29. The summed E-state index contributed by atoms with van der Waals surface area (Å²) in [5.74, 6) is 0.550. The molecule has 1 N–H and O–H groups in total. The molecule has 18 heavy (non-hydrogen) atoms. The Morgan fingerprint density at radius 2 is 2.28 bits per heavy atom. The van der Waals surface area contributed by atoms with Gasteiger partial charge in [-0.15, -0.1) is 12.6 Å². The fourth-order valence-electron chi connectivity index (χ4n) is 2.44. The zero-order valence-corrected chi connectivity index (χ0v) is 11.6. The van der Waals surface area contributed by atoms with Crippen molar-refractivity contribution in [1.82, 2.24) is 10.2 Å². The van der Waals surface area contributed by atoms with Crippen molar-refractivity contribution < 1.29 is 4.79 Å². The van der Waals surface area contributed by atoms with Crippen LogP contribution in [-0.2, 0) is 0 Å². The molecule has 2 rings (SSSR count). The molecule has 1 aliphatic heterocycles. The van der Waals surface area contributed by atoms with Crippen molar-refractivity contribution in [2.24, 2.45) is 5.92 Å². The molecule has 98 valence electrons. The van der Waals surface area contributed by atoms with Crippen LogP contribution in [0.15, 0.2) is 29.2 Å². The SMILES string of the molecule is CN1CCCC(CNC(=O)c2ccccc2S)C1. The van der Waals surface area contributed by atoms with Crippen LogP contribution >= 0.6 is 12.6 Å². The average molecular weight is 264 g/mol. The lowest BCUT2D eigenvalue weighted by Crippen LogP contribution is -2.39. The Balaban J connectivity index is 1.87.